The van der Waals surface area contributed by atoms with Crippen molar-refractivity contribution in [1.82, 2.24) is 0 Å². The van der Waals surface area contributed by atoms with Crippen LogP contribution >= 0.6 is 27.5 Å². The lowest BCUT2D eigenvalue weighted by atomic mass is 9.91. The second-order valence-electron chi connectivity index (χ2n) is 3.17. The highest BCUT2D eigenvalue weighted by Gasteiger charge is 2.24. The highest BCUT2D eigenvalue weighted by atomic mass is 79.9. The van der Waals surface area contributed by atoms with Crippen LogP contribution in [0.25, 0.3) is 0 Å². The lowest BCUT2D eigenvalue weighted by molar-refractivity contribution is 0.0981. The Labute approximate surface area is 90.2 Å². The van der Waals surface area contributed by atoms with Gasteiger partial charge < -0.3 is 0 Å². The Kier molecular flexibility index (Phi) is 2.43. The molecular weight excluding hydrogens is 251 g/mol. The van der Waals surface area contributed by atoms with Crippen molar-refractivity contribution >= 4 is 33.3 Å². The van der Waals surface area contributed by atoms with Gasteiger partial charge in [0.05, 0.1) is 4.83 Å². The quantitative estimate of drug-likeness (QED) is 0.654. The summed E-state index contributed by atoms with van der Waals surface area (Å²) in [6.07, 6.45) is 1.83. The first-order valence-electron chi connectivity index (χ1n) is 4.15. The minimum absolute atomic E-state index is 0.0292. The number of carbonyl (C=O) groups excluding carboxylic acids is 1. The minimum atomic E-state index is -0.0292. The van der Waals surface area contributed by atoms with E-state index in [9.17, 15) is 4.79 Å². The van der Waals surface area contributed by atoms with Gasteiger partial charge in [0.15, 0.2) is 5.78 Å². The maximum atomic E-state index is 11.7. The molecule has 0 aliphatic heterocycles. The van der Waals surface area contributed by atoms with Gasteiger partial charge in [0.2, 0.25) is 0 Å². The van der Waals surface area contributed by atoms with Crippen molar-refractivity contribution in [3.63, 3.8) is 0 Å². The van der Waals surface area contributed by atoms with Gasteiger partial charge in [0.1, 0.15) is 0 Å². The molecule has 68 valence electrons. The zero-order valence-electron chi connectivity index (χ0n) is 6.89. The topological polar surface area (TPSA) is 17.1 Å². The van der Waals surface area contributed by atoms with Crippen LogP contribution in [-0.2, 0) is 6.42 Å². The summed E-state index contributed by atoms with van der Waals surface area (Å²) in [6.45, 7) is 0. The van der Waals surface area contributed by atoms with Crippen LogP contribution in [0.2, 0.25) is 5.02 Å². The highest BCUT2D eigenvalue weighted by Crippen LogP contribution is 2.27. The fraction of sp³-hybridized carbons (Fsp3) is 0.300. The third-order valence-electron chi connectivity index (χ3n) is 2.29. The van der Waals surface area contributed by atoms with Crippen molar-refractivity contribution in [1.29, 1.82) is 0 Å². The van der Waals surface area contributed by atoms with E-state index in [2.05, 4.69) is 15.9 Å². The Morgan fingerprint density at radius 2 is 2.23 bits per heavy atom. The number of halogens is 2. The summed E-state index contributed by atoms with van der Waals surface area (Å²) in [7, 11) is 0. The fourth-order valence-corrected chi connectivity index (χ4v) is 2.23. The summed E-state index contributed by atoms with van der Waals surface area (Å²) in [5, 5.41) is 0.633. The van der Waals surface area contributed by atoms with Crippen LogP contribution in [0.3, 0.4) is 0 Å². The molecule has 0 aromatic heterocycles. The lowest BCUT2D eigenvalue weighted by Gasteiger charge is -2.18. The van der Waals surface area contributed by atoms with E-state index in [1.807, 2.05) is 12.1 Å². The van der Waals surface area contributed by atoms with Crippen molar-refractivity contribution in [3.8, 4) is 0 Å². The first kappa shape index (κ1) is 9.22. The Hall–Kier alpha value is -0.340. The molecule has 0 saturated heterocycles. The summed E-state index contributed by atoms with van der Waals surface area (Å²) in [6, 6.07) is 5.53. The number of fused-ring (bicyclic) bond motifs is 1. The number of carbonyl (C=O) groups is 1. The van der Waals surface area contributed by atoms with E-state index in [1.54, 1.807) is 6.07 Å². The molecule has 0 bridgehead atoms. The zero-order chi connectivity index (χ0) is 9.42. The zero-order valence-corrected chi connectivity index (χ0v) is 9.23. The molecule has 0 unspecified atom stereocenters. The van der Waals surface area contributed by atoms with Gasteiger partial charge >= 0.3 is 0 Å². The summed E-state index contributed by atoms with van der Waals surface area (Å²) in [4.78, 5) is 11.6. The number of aryl methyl sites for hydroxylation is 1. The first-order valence-corrected chi connectivity index (χ1v) is 5.44. The SMILES string of the molecule is O=C1c2cc(Cl)ccc2CC[C@H]1Br. The predicted octanol–water partition coefficient (Wildman–Crippen LogP) is 3.23. The van der Waals surface area contributed by atoms with E-state index < -0.39 is 0 Å². The number of Topliss-reactive ketones (excluding diaryl/α,β-unsaturated/α-hetero) is 1. The average Bonchev–Trinajstić information content (AvgIpc) is 2.12. The van der Waals surface area contributed by atoms with Crippen LogP contribution < -0.4 is 0 Å². The summed E-state index contributed by atoms with van der Waals surface area (Å²) < 4.78 is 0. The van der Waals surface area contributed by atoms with Gasteiger partial charge in [-0.3, -0.25) is 4.79 Å². The minimum Gasteiger partial charge on any atom is -0.293 e. The maximum Gasteiger partial charge on any atom is 0.176 e. The van der Waals surface area contributed by atoms with Crippen LogP contribution in [0.15, 0.2) is 18.2 Å². The molecule has 13 heavy (non-hydrogen) atoms. The molecule has 1 aromatic carbocycles. The number of benzene rings is 1. The molecule has 0 amide bonds. The number of ketones is 1. The van der Waals surface area contributed by atoms with Crippen LogP contribution in [0.5, 0.6) is 0 Å². The summed E-state index contributed by atoms with van der Waals surface area (Å²) in [5.41, 5.74) is 1.89. The maximum absolute atomic E-state index is 11.7. The van der Waals surface area contributed by atoms with Crippen LogP contribution in [0, 0.1) is 0 Å². The smallest absolute Gasteiger partial charge is 0.176 e. The third kappa shape index (κ3) is 1.65. The van der Waals surface area contributed by atoms with Crippen molar-refractivity contribution in [2.24, 2.45) is 0 Å². The Balaban J connectivity index is 2.51. The van der Waals surface area contributed by atoms with Crippen LogP contribution in [0.4, 0.5) is 0 Å². The van der Waals surface area contributed by atoms with Crippen molar-refractivity contribution in [3.05, 3.63) is 34.3 Å². The van der Waals surface area contributed by atoms with E-state index in [-0.39, 0.29) is 10.6 Å². The van der Waals surface area contributed by atoms with Gasteiger partial charge in [-0.1, -0.05) is 33.6 Å². The second kappa shape index (κ2) is 3.43. The largest absolute Gasteiger partial charge is 0.293 e. The second-order valence-corrected chi connectivity index (χ2v) is 4.71. The Morgan fingerprint density at radius 3 is 3.00 bits per heavy atom. The monoisotopic (exact) mass is 258 g/mol. The standard InChI is InChI=1S/C10H8BrClO/c11-9-4-2-6-1-3-7(12)5-8(6)10(9)13/h1,3,5,9H,2,4H2/t9-/m1/s1. The molecule has 0 fully saturated rings. The van der Waals surface area contributed by atoms with Gasteiger partial charge in [-0.2, -0.15) is 0 Å². The summed E-state index contributed by atoms with van der Waals surface area (Å²) in [5.74, 6) is 0.156. The average molecular weight is 260 g/mol. The first-order chi connectivity index (χ1) is 6.18. The van der Waals surface area contributed by atoms with Crippen molar-refractivity contribution in [2.45, 2.75) is 17.7 Å². The molecule has 0 saturated carbocycles. The molecule has 1 aliphatic rings. The number of rotatable bonds is 0. The number of hydrogen-bond donors (Lipinski definition) is 0. The molecule has 0 radical (unpaired) electrons. The molecule has 0 spiro atoms. The normalized spacial score (nSPS) is 21.4. The molecule has 1 aliphatic carbocycles. The molecule has 3 heteroatoms. The van der Waals surface area contributed by atoms with E-state index in [0.29, 0.717) is 5.02 Å². The molecule has 1 atom stereocenters. The van der Waals surface area contributed by atoms with E-state index >= 15 is 0 Å². The van der Waals surface area contributed by atoms with Crippen LogP contribution in [0.1, 0.15) is 22.3 Å². The predicted molar refractivity (Wildman–Crippen MR) is 56.8 cm³/mol. The van der Waals surface area contributed by atoms with Crippen molar-refractivity contribution in [2.75, 3.05) is 0 Å². The van der Waals surface area contributed by atoms with Gasteiger partial charge in [-0.25, -0.2) is 0 Å². The lowest BCUT2D eigenvalue weighted by Crippen LogP contribution is -2.22. The molecule has 0 N–H and O–H groups in total. The van der Waals surface area contributed by atoms with Gasteiger partial charge in [-0.05, 0) is 30.5 Å². The Morgan fingerprint density at radius 1 is 1.46 bits per heavy atom. The molecule has 2 rings (SSSR count). The van der Waals surface area contributed by atoms with Crippen molar-refractivity contribution < 1.29 is 4.79 Å². The van der Waals surface area contributed by atoms with Crippen LogP contribution in [-0.4, -0.2) is 10.6 Å². The van der Waals surface area contributed by atoms with E-state index in [4.69, 9.17) is 11.6 Å². The Bertz CT molecular complexity index is 362. The molecule has 1 aromatic rings. The fourth-order valence-electron chi connectivity index (χ4n) is 1.58. The van der Waals surface area contributed by atoms with E-state index in [0.717, 1.165) is 24.0 Å². The van der Waals surface area contributed by atoms with Gasteiger partial charge in [-0.15, -0.1) is 0 Å². The molecule has 1 nitrogen and oxygen atoms in total. The van der Waals surface area contributed by atoms with Gasteiger partial charge in [0.25, 0.3) is 0 Å². The number of hydrogen-bond acceptors (Lipinski definition) is 1. The highest BCUT2D eigenvalue weighted by molar-refractivity contribution is 9.10. The molecule has 0 heterocycles. The third-order valence-corrected chi connectivity index (χ3v) is 3.40. The molecular formula is C10H8BrClO. The van der Waals surface area contributed by atoms with Gasteiger partial charge in [0, 0.05) is 10.6 Å². The van der Waals surface area contributed by atoms with E-state index in [1.165, 1.54) is 0 Å². The number of alkyl halides is 1. The summed E-state index contributed by atoms with van der Waals surface area (Å²) >= 11 is 9.18.